The van der Waals surface area contributed by atoms with Crippen molar-refractivity contribution in [3.05, 3.63) is 24.3 Å². The number of carbonyl (C=O) groups is 1. The van der Waals surface area contributed by atoms with Gasteiger partial charge in [0.2, 0.25) is 10.0 Å². The Bertz CT molecular complexity index is 636. The average Bonchev–Trinajstić information content (AvgIpc) is 2.60. The van der Waals surface area contributed by atoms with E-state index in [-0.39, 0.29) is 30.0 Å². The van der Waals surface area contributed by atoms with Crippen LogP contribution in [0.15, 0.2) is 29.2 Å². The molecule has 24 heavy (non-hydrogen) atoms. The van der Waals surface area contributed by atoms with E-state index in [1.165, 1.54) is 35.7 Å². The van der Waals surface area contributed by atoms with Crippen LogP contribution in [-0.4, -0.2) is 58.6 Å². The summed E-state index contributed by atoms with van der Waals surface area (Å²) in [6, 6.07) is 6.24. The molecule has 1 aliphatic rings. The molecule has 9 heteroatoms. The standard InChI is InChI=1S/C15H22N2O5S.ClH/c1-16-12-4-3-9-17(10-12)23(19,20)14-7-5-13(6-8-14)22-11-15(18)21-2;/h5-8,12,16H,3-4,9-11H2,1-2H3;1H. The number of halogens is 1. The summed E-state index contributed by atoms with van der Waals surface area (Å²) >= 11 is 0. The maximum atomic E-state index is 12.7. The Labute approximate surface area is 148 Å². The molecule has 1 saturated heterocycles. The molecule has 0 bridgehead atoms. The molecule has 2 rings (SSSR count). The number of methoxy groups -OCH3 is 1. The maximum Gasteiger partial charge on any atom is 0.343 e. The van der Waals surface area contributed by atoms with Crippen LogP contribution in [0.3, 0.4) is 0 Å². The third-order valence-corrected chi connectivity index (χ3v) is 5.72. The number of likely N-dealkylation sites (N-methyl/N-ethyl adjacent to an activating group) is 1. The summed E-state index contributed by atoms with van der Waals surface area (Å²) in [7, 11) is -0.394. The molecule has 136 valence electrons. The Balaban J connectivity index is 0.00000288. The van der Waals surface area contributed by atoms with Crippen molar-refractivity contribution in [2.75, 3.05) is 33.9 Å². The molecule has 1 aromatic carbocycles. The molecule has 0 amide bonds. The Hall–Kier alpha value is -1.35. The average molecular weight is 379 g/mol. The van der Waals surface area contributed by atoms with E-state index in [0.29, 0.717) is 18.8 Å². The Morgan fingerprint density at radius 2 is 2.00 bits per heavy atom. The Morgan fingerprint density at radius 1 is 1.33 bits per heavy atom. The van der Waals surface area contributed by atoms with Gasteiger partial charge < -0.3 is 14.8 Å². The molecule has 1 aliphatic heterocycles. The van der Waals surface area contributed by atoms with Crippen molar-refractivity contribution in [2.24, 2.45) is 0 Å². The number of esters is 1. The zero-order chi connectivity index (χ0) is 16.9. The molecule has 1 fully saturated rings. The SMILES string of the molecule is CNC1CCCN(S(=O)(=O)c2ccc(OCC(=O)OC)cc2)C1.Cl. The van der Waals surface area contributed by atoms with Crippen LogP contribution in [0.1, 0.15) is 12.8 Å². The summed E-state index contributed by atoms with van der Waals surface area (Å²) in [6.07, 6.45) is 1.81. The highest BCUT2D eigenvalue weighted by Crippen LogP contribution is 2.22. The molecule has 1 atom stereocenters. The Morgan fingerprint density at radius 3 is 2.58 bits per heavy atom. The molecule has 1 aromatic rings. The number of nitrogens with one attached hydrogen (secondary N) is 1. The summed E-state index contributed by atoms with van der Waals surface area (Å²) in [5.74, 6) is -0.0748. The summed E-state index contributed by atoms with van der Waals surface area (Å²) in [5.41, 5.74) is 0. The van der Waals surface area contributed by atoms with Gasteiger partial charge >= 0.3 is 5.97 Å². The molecule has 1 heterocycles. The number of ether oxygens (including phenoxy) is 2. The van der Waals surface area contributed by atoms with Gasteiger partial charge in [0.15, 0.2) is 6.61 Å². The van der Waals surface area contributed by atoms with Crippen LogP contribution >= 0.6 is 12.4 Å². The summed E-state index contributed by atoms with van der Waals surface area (Å²) in [5, 5.41) is 3.13. The molecule has 0 aliphatic carbocycles. The number of rotatable bonds is 6. The first-order chi connectivity index (χ1) is 11.0. The van der Waals surface area contributed by atoms with Crippen molar-refractivity contribution in [1.29, 1.82) is 0 Å². The number of nitrogens with zero attached hydrogens (tertiary/aromatic N) is 1. The van der Waals surface area contributed by atoms with Gasteiger partial charge in [0, 0.05) is 19.1 Å². The lowest BCUT2D eigenvalue weighted by Gasteiger charge is -2.31. The zero-order valence-corrected chi connectivity index (χ0v) is 15.4. The topological polar surface area (TPSA) is 84.9 Å². The lowest BCUT2D eigenvalue weighted by atomic mass is 10.1. The zero-order valence-electron chi connectivity index (χ0n) is 13.7. The fourth-order valence-electron chi connectivity index (χ4n) is 2.45. The van der Waals surface area contributed by atoms with Gasteiger partial charge in [-0.05, 0) is 44.2 Å². The fraction of sp³-hybridized carbons (Fsp3) is 0.533. The Kier molecular flexibility index (Phi) is 7.95. The van der Waals surface area contributed by atoms with Gasteiger partial charge in [-0.3, -0.25) is 0 Å². The summed E-state index contributed by atoms with van der Waals surface area (Å²) in [4.78, 5) is 11.2. The molecule has 1 N–H and O–H groups in total. The van der Waals surface area contributed by atoms with Gasteiger partial charge in [-0.25, -0.2) is 13.2 Å². The number of sulfonamides is 1. The van der Waals surface area contributed by atoms with Crippen LogP contribution in [0.2, 0.25) is 0 Å². The van der Waals surface area contributed by atoms with Crippen LogP contribution in [-0.2, 0) is 19.6 Å². The van der Waals surface area contributed by atoms with Crippen molar-refractivity contribution >= 4 is 28.4 Å². The van der Waals surface area contributed by atoms with E-state index in [2.05, 4.69) is 10.1 Å². The lowest BCUT2D eigenvalue weighted by Crippen LogP contribution is -2.46. The van der Waals surface area contributed by atoms with Crippen molar-refractivity contribution in [3.63, 3.8) is 0 Å². The largest absolute Gasteiger partial charge is 0.482 e. The summed E-state index contributed by atoms with van der Waals surface area (Å²) < 4.78 is 36.5. The molecular formula is C15H23ClN2O5S. The van der Waals surface area contributed by atoms with Crippen LogP contribution < -0.4 is 10.1 Å². The van der Waals surface area contributed by atoms with E-state index in [9.17, 15) is 13.2 Å². The van der Waals surface area contributed by atoms with Gasteiger partial charge in [-0.15, -0.1) is 12.4 Å². The van der Waals surface area contributed by atoms with Crippen molar-refractivity contribution in [2.45, 2.75) is 23.8 Å². The quantitative estimate of drug-likeness (QED) is 0.744. The van der Waals surface area contributed by atoms with Gasteiger partial charge in [0.05, 0.1) is 12.0 Å². The van der Waals surface area contributed by atoms with Gasteiger partial charge in [-0.2, -0.15) is 4.31 Å². The second-order valence-corrected chi connectivity index (χ2v) is 7.27. The maximum absolute atomic E-state index is 12.7. The molecule has 0 aromatic heterocycles. The monoisotopic (exact) mass is 378 g/mol. The van der Waals surface area contributed by atoms with E-state index in [0.717, 1.165) is 12.8 Å². The molecule has 1 unspecified atom stereocenters. The predicted molar refractivity (Wildman–Crippen MR) is 92.0 cm³/mol. The van der Waals surface area contributed by atoms with Crippen LogP contribution in [0.25, 0.3) is 0 Å². The van der Waals surface area contributed by atoms with Crippen LogP contribution in [0.4, 0.5) is 0 Å². The number of carbonyl (C=O) groups excluding carboxylic acids is 1. The van der Waals surface area contributed by atoms with Crippen molar-refractivity contribution < 1.29 is 22.7 Å². The first kappa shape index (κ1) is 20.7. The number of piperidine rings is 1. The highest BCUT2D eigenvalue weighted by atomic mass is 35.5. The highest BCUT2D eigenvalue weighted by molar-refractivity contribution is 7.89. The smallest absolute Gasteiger partial charge is 0.343 e. The second-order valence-electron chi connectivity index (χ2n) is 5.33. The van der Waals surface area contributed by atoms with Crippen LogP contribution in [0, 0.1) is 0 Å². The number of hydrogen-bond donors (Lipinski definition) is 1. The summed E-state index contributed by atoms with van der Waals surface area (Å²) in [6.45, 7) is 0.791. The lowest BCUT2D eigenvalue weighted by molar-refractivity contribution is -0.142. The van der Waals surface area contributed by atoms with Crippen molar-refractivity contribution in [3.8, 4) is 5.75 Å². The minimum Gasteiger partial charge on any atom is -0.482 e. The number of benzene rings is 1. The van der Waals surface area contributed by atoms with E-state index < -0.39 is 16.0 Å². The first-order valence-electron chi connectivity index (χ1n) is 7.44. The molecule has 0 saturated carbocycles. The van der Waals surface area contributed by atoms with E-state index in [4.69, 9.17) is 4.74 Å². The van der Waals surface area contributed by atoms with Crippen molar-refractivity contribution in [1.82, 2.24) is 9.62 Å². The minimum atomic E-state index is -3.51. The second kappa shape index (κ2) is 9.22. The molecular weight excluding hydrogens is 356 g/mol. The van der Waals surface area contributed by atoms with Crippen LogP contribution in [0.5, 0.6) is 5.75 Å². The minimum absolute atomic E-state index is 0. The highest BCUT2D eigenvalue weighted by Gasteiger charge is 2.29. The first-order valence-corrected chi connectivity index (χ1v) is 8.88. The van der Waals surface area contributed by atoms with E-state index in [1.54, 1.807) is 0 Å². The van der Waals surface area contributed by atoms with E-state index in [1.807, 2.05) is 7.05 Å². The van der Waals surface area contributed by atoms with Gasteiger partial charge in [-0.1, -0.05) is 0 Å². The molecule has 7 nitrogen and oxygen atoms in total. The fourth-order valence-corrected chi connectivity index (χ4v) is 3.98. The molecule has 0 radical (unpaired) electrons. The third-order valence-electron chi connectivity index (χ3n) is 3.84. The van der Waals surface area contributed by atoms with E-state index >= 15 is 0 Å². The predicted octanol–water partition coefficient (Wildman–Crippen LogP) is 1.03. The van der Waals surface area contributed by atoms with Gasteiger partial charge in [0.1, 0.15) is 5.75 Å². The van der Waals surface area contributed by atoms with Gasteiger partial charge in [0.25, 0.3) is 0 Å². The number of hydrogen-bond acceptors (Lipinski definition) is 6. The normalized spacial score (nSPS) is 18.5. The molecule has 0 spiro atoms. The third kappa shape index (κ3) is 5.07.